The van der Waals surface area contributed by atoms with Crippen LogP contribution in [0.1, 0.15) is 20.8 Å². The SMILES string of the molecule is CC(NC(=O)CNC(=O)C(C)NC(=O)C(N)C(C)O)C(=O)O. The molecular formula is C12H22N4O6. The number of aliphatic carboxylic acids is 1. The second kappa shape index (κ2) is 8.95. The van der Waals surface area contributed by atoms with E-state index in [-0.39, 0.29) is 0 Å². The second-order valence-electron chi connectivity index (χ2n) is 4.84. The molecule has 0 saturated heterocycles. The Kier molecular flexibility index (Phi) is 8.05. The molecule has 0 spiro atoms. The molecule has 126 valence electrons. The van der Waals surface area contributed by atoms with Crippen LogP contribution in [0.4, 0.5) is 0 Å². The highest BCUT2D eigenvalue weighted by molar-refractivity contribution is 5.92. The third-order valence-corrected chi connectivity index (χ3v) is 2.75. The van der Waals surface area contributed by atoms with Crippen molar-refractivity contribution in [2.75, 3.05) is 6.54 Å². The fourth-order valence-electron chi connectivity index (χ4n) is 1.27. The Hall–Kier alpha value is -2.20. The van der Waals surface area contributed by atoms with E-state index >= 15 is 0 Å². The molecule has 0 aromatic carbocycles. The molecule has 0 saturated carbocycles. The molecule has 0 aromatic heterocycles. The van der Waals surface area contributed by atoms with Gasteiger partial charge in [0.05, 0.1) is 12.6 Å². The van der Waals surface area contributed by atoms with E-state index in [1.165, 1.54) is 20.8 Å². The topological polar surface area (TPSA) is 171 Å². The minimum Gasteiger partial charge on any atom is -0.480 e. The van der Waals surface area contributed by atoms with Crippen LogP contribution in [0.3, 0.4) is 0 Å². The van der Waals surface area contributed by atoms with Gasteiger partial charge in [-0.3, -0.25) is 19.2 Å². The van der Waals surface area contributed by atoms with Gasteiger partial charge in [0.2, 0.25) is 17.7 Å². The van der Waals surface area contributed by atoms with E-state index in [0.717, 1.165) is 0 Å². The lowest BCUT2D eigenvalue weighted by molar-refractivity contribution is -0.141. The summed E-state index contributed by atoms with van der Waals surface area (Å²) in [6.45, 7) is 3.56. The lowest BCUT2D eigenvalue weighted by Gasteiger charge is -2.18. The Labute approximate surface area is 127 Å². The van der Waals surface area contributed by atoms with Crippen molar-refractivity contribution in [3.05, 3.63) is 0 Å². The number of amides is 3. The number of aliphatic hydroxyl groups excluding tert-OH is 1. The van der Waals surface area contributed by atoms with Crippen molar-refractivity contribution in [3.63, 3.8) is 0 Å². The average Bonchev–Trinajstić information content (AvgIpc) is 2.43. The lowest BCUT2D eigenvalue weighted by atomic mass is 10.1. The van der Waals surface area contributed by atoms with Crippen LogP contribution in [0.5, 0.6) is 0 Å². The van der Waals surface area contributed by atoms with Gasteiger partial charge < -0.3 is 31.9 Å². The van der Waals surface area contributed by atoms with Crippen LogP contribution in [0.2, 0.25) is 0 Å². The number of carboxylic acids is 1. The second-order valence-corrected chi connectivity index (χ2v) is 4.84. The number of nitrogens with one attached hydrogen (secondary N) is 3. The summed E-state index contributed by atoms with van der Waals surface area (Å²) in [4.78, 5) is 45.1. The van der Waals surface area contributed by atoms with Crippen molar-refractivity contribution in [1.82, 2.24) is 16.0 Å². The number of hydrogen-bond acceptors (Lipinski definition) is 6. The molecule has 0 aliphatic rings. The van der Waals surface area contributed by atoms with E-state index in [0.29, 0.717) is 0 Å². The van der Waals surface area contributed by atoms with Gasteiger partial charge in [-0.2, -0.15) is 0 Å². The van der Waals surface area contributed by atoms with E-state index in [1.807, 2.05) is 0 Å². The maximum absolute atomic E-state index is 11.7. The molecule has 0 aliphatic heterocycles. The van der Waals surface area contributed by atoms with Gasteiger partial charge in [0, 0.05) is 0 Å². The van der Waals surface area contributed by atoms with Gasteiger partial charge in [-0.1, -0.05) is 0 Å². The Bertz CT molecular complexity index is 439. The number of carbonyl (C=O) groups is 4. The van der Waals surface area contributed by atoms with Gasteiger partial charge >= 0.3 is 5.97 Å². The first-order valence-electron chi connectivity index (χ1n) is 6.60. The van der Waals surface area contributed by atoms with Crippen molar-refractivity contribution in [1.29, 1.82) is 0 Å². The summed E-state index contributed by atoms with van der Waals surface area (Å²) < 4.78 is 0. The Morgan fingerprint density at radius 2 is 1.55 bits per heavy atom. The Morgan fingerprint density at radius 3 is 2.00 bits per heavy atom. The average molecular weight is 318 g/mol. The molecule has 10 heteroatoms. The predicted molar refractivity (Wildman–Crippen MR) is 75.5 cm³/mol. The van der Waals surface area contributed by atoms with Crippen LogP contribution >= 0.6 is 0 Å². The normalized spacial score (nSPS) is 15.9. The molecule has 4 unspecified atom stereocenters. The third-order valence-electron chi connectivity index (χ3n) is 2.75. The zero-order valence-electron chi connectivity index (χ0n) is 12.6. The van der Waals surface area contributed by atoms with E-state index < -0.39 is 54.5 Å². The minimum atomic E-state index is -1.20. The zero-order chi connectivity index (χ0) is 17.4. The van der Waals surface area contributed by atoms with Crippen LogP contribution in [0.15, 0.2) is 0 Å². The van der Waals surface area contributed by atoms with Gasteiger partial charge in [0.1, 0.15) is 18.1 Å². The van der Waals surface area contributed by atoms with Crippen molar-refractivity contribution in [2.24, 2.45) is 5.73 Å². The quantitative estimate of drug-likeness (QED) is 0.275. The molecule has 0 bridgehead atoms. The number of hydrogen-bond donors (Lipinski definition) is 6. The molecule has 7 N–H and O–H groups in total. The largest absolute Gasteiger partial charge is 0.480 e. The van der Waals surface area contributed by atoms with E-state index in [2.05, 4.69) is 16.0 Å². The van der Waals surface area contributed by atoms with Gasteiger partial charge in [-0.05, 0) is 20.8 Å². The van der Waals surface area contributed by atoms with Crippen LogP contribution in [-0.4, -0.2) is 64.7 Å². The maximum Gasteiger partial charge on any atom is 0.325 e. The Balaban J connectivity index is 4.24. The van der Waals surface area contributed by atoms with Gasteiger partial charge in [-0.25, -0.2) is 0 Å². The summed E-state index contributed by atoms with van der Waals surface area (Å²) in [6, 6.07) is -3.22. The van der Waals surface area contributed by atoms with Crippen LogP contribution in [0, 0.1) is 0 Å². The number of nitrogens with two attached hydrogens (primary N) is 1. The minimum absolute atomic E-state index is 0.431. The highest BCUT2D eigenvalue weighted by atomic mass is 16.4. The van der Waals surface area contributed by atoms with E-state index in [1.54, 1.807) is 0 Å². The smallest absolute Gasteiger partial charge is 0.325 e. The molecule has 0 fully saturated rings. The molecule has 22 heavy (non-hydrogen) atoms. The summed E-state index contributed by atoms with van der Waals surface area (Å²) in [7, 11) is 0. The molecule has 0 aromatic rings. The molecule has 4 atom stereocenters. The maximum atomic E-state index is 11.7. The van der Waals surface area contributed by atoms with E-state index in [9.17, 15) is 19.2 Å². The first kappa shape index (κ1) is 19.8. The lowest BCUT2D eigenvalue weighted by Crippen LogP contribution is -2.54. The standard InChI is InChI=1S/C12H22N4O6/c1-5(16-11(20)9(13)7(3)17)10(19)14-4-8(18)15-6(2)12(21)22/h5-7,9,17H,4,13H2,1-3H3,(H,14,19)(H,15,18)(H,16,20)(H,21,22). The van der Waals surface area contributed by atoms with Crippen LogP contribution < -0.4 is 21.7 Å². The summed E-state index contributed by atoms with van der Waals surface area (Å²) in [5.41, 5.74) is 5.40. The highest BCUT2D eigenvalue weighted by Crippen LogP contribution is 1.91. The third kappa shape index (κ3) is 6.99. The number of rotatable bonds is 8. The predicted octanol–water partition coefficient (Wildman–Crippen LogP) is -3.10. The molecular weight excluding hydrogens is 296 g/mol. The summed E-state index contributed by atoms with van der Waals surface area (Å²) in [6.07, 6.45) is -1.07. The van der Waals surface area contributed by atoms with E-state index in [4.69, 9.17) is 15.9 Å². The molecule has 0 aliphatic carbocycles. The zero-order valence-corrected chi connectivity index (χ0v) is 12.6. The highest BCUT2D eigenvalue weighted by Gasteiger charge is 2.23. The first-order valence-corrected chi connectivity index (χ1v) is 6.60. The monoisotopic (exact) mass is 318 g/mol. The first-order chi connectivity index (χ1) is 10.1. The van der Waals surface area contributed by atoms with Crippen molar-refractivity contribution < 1.29 is 29.4 Å². The number of carboxylic acid groups (broad SMARTS) is 1. The van der Waals surface area contributed by atoms with Gasteiger partial charge in [0.15, 0.2) is 0 Å². The molecule has 0 heterocycles. The van der Waals surface area contributed by atoms with Crippen molar-refractivity contribution in [2.45, 2.75) is 45.0 Å². The van der Waals surface area contributed by atoms with Crippen LogP contribution in [0.25, 0.3) is 0 Å². The molecule has 3 amide bonds. The van der Waals surface area contributed by atoms with Crippen LogP contribution in [-0.2, 0) is 19.2 Å². The van der Waals surface area contributed by atoms with Crippen molar-refractivity contribution in [3.8, 4) is 0 Å². The number of aliphatic hydroxyl groups is 1. The molecule has 10 nitrogen and oxygen atoms in total. The summed E-state index contributed by atoms with van der Waals surface area (Å²) >= 11 is 0. The summed E-state index contributed by atoms with van der Waals surface area (Å²) in [5.74, 6) is -3.24. The summed E-state index contributed by atoms with van der Waals surface area (Å²) in [5, 5.41) is 24.4. The van der Waals surface area contributed by atoms with Gasteiger partial charge in [0.25, 0.3) is 0 Å². The Morgan fingerprint density at radius 1 is 1.00 bits per heavy atom. The van der Waals surface area contributed by atoms with Crippen molar-refractivity contribution >= 4 is 23.7 Å². The fourth-order valence-corrected chi connectivity index (χ4v) is 1.27. The fraction of sp³-hybridized carbons (Fsp3) is 0.667. The molecule has 0 radical (unpaired) electrons. The molecule has 0 rings (SSSR count). The number of carbonyl (C=O) groups excluding carboxylic acids is 3. The van der Waals surface area contributed by atoms with Gasteiger partial charge in [-0.15, -0.1) is 0 Å².